The molecule has 10 heteroatoms. The lowest BCUT2D eigenvalue weighted by Gasteiger charge is -2.08. The molecule has 0 spiro atoms. The van der Waals surface area contributed by atoms with E-state index < -0.39 is 11.7 Å². The molecule has 0 aliphatic carbocycles. The number of alkyl halides is 3. The average Bonchev–Trinajstić information content (AvgIpc) is 2.61. The van der Waals surface area contributed by atoms with Crippen LogP contribution in [0, 0.1) is 0 Å². The van der Waals surface area contributed by atoms with Crippen molar-refractivity contribution in [3.8, 4) is 0 Å². The quantitative estimate of drug-likeness (QED) is 0.269. The summed E-state index contributed by atoms with van der Waals surface area (Å²) in [4.78, 5) is 8.24. The van der Waals surface area contributed by atoms with Crippen molar-refractivity contribution in [2.75, 3.05) is 10.7 Å². The molecule has 5 nitrogen and oxygen atoms in total. The third-order valence-electron chi connectivity index (χ3n) is 3.41. The van der Waals surface area contributed by atoms with Crippen LogP contribution in [0.5, 0.6) is 0 Å². The molecule has 1 heterocycles. The normalized spacial score (nSPS) is 11.6. The van der Waals surface area contributed by atoms with Gasteiger partial charge in [-0.15, -0.1) is 0 Å². The van der Waals surface area contributed by atoms with Crippen LogP contribution in [0.1, 0.15) is 11.1 Å². The number of hydrogen-bond donors (Lipinski definition) is 2. The van der Waals surface area contributed by atoms with Gasteiger partial charge in [0.2, 0.25) is 5.95 Å². The number of aromatic nitrogens is 2. The Bertz CT molecular complexity index is 993. The first kappa shape index (κ1) is 20.1. The second kappa shape index (κ2) is 8.57. The Kier molecular flexibility index (Phi) is 6.15. The molecule has 0 radical (unpaired) electrons. The largest absolute Gasteiger partial charge is 0.416 e. The molecule has 0 aliphatic rings. The van der Waals surface area contributed by atoms with Crippen LogP contribution in [-0.4, -0.2) is 16.2 Å². The molecule has 2 aromatic carbocycles. The number of anilines is 3. The molecule has 0 amide bonds. The van der Waals surface area contributed by atoms with Gasteiger partial charge in [-0.05, 0) is 35.9 Å². The summed E-state index contributed by atoms with van der Waals surface area (Å²) < 4.78 is 38.6. The van der Waals surface area contributed by atoms with Crippen molar-refractivity contribution in [3.63, 3.8) is 0 Å². The van der Waals surface area contributed by atoms with Gasteiger partial charge in [0.05, 0.1) is 11.8 Å². The third kappa shape index (κ3) is 5.67. The van der Waals surface area contributed by atoms with Crippen molar-refractivity contribution in [2.24, 2.45) is 5.10 Å². The Morgan fingerprint density at radius 2 is 1.79 bits per heavy atom. The van der Waals surface area contributed by atoms with Crippen LogP contribution in [0.4, 0.5) is 30.6 Å². The highest BCUT2D eigenvalue weighted by Crippen LogP contribution is 2.29. The Hall–Kier alpha value is -2.65. The van der Waals surface area contributed by atoms with Crippen LogP contribution in [0.2, 0.25) is 5.15 Å². The molecule has 1 aromatic heterocycles. The molecule has 3 rings (SSSR count). The highest BCUT2D eigenvalue weighted by Gasteiger charge is 2.29. The minimum atomic E-state index is -4.37. The summed E-state index contributed by atoms with van der Waals surface area (Å²) in [6.45, 7) is 0. The van der Waals surface area contributed by atoms with Crippen LogP contribution in [0.25, 0.3) is 0 Å². The summed E-state index contributed by atoms with van der Waals surface area (Å²) in [5.41, 5.74) is 3.16. The molecule has 0 fully saturated rings. The van der Waals surface area contributed by atoms with E-state index in [9.17, 15) is 13.2 Å². The number of halogens is 5. The van der Waals surface area contributed by atoms with Gasteiger partial charge < -0.3 is 5.32 Å². The summed E-state index contributed by atoms with van der Waals surface area (Å²) in [5.74, 6) is 0.582. The minimum Gasteiger partial charge on any atom is -0.340 e. The van der Waals surface area contributed by atoms with Crippen LogP contribution in [0.15, 0.2) is 64.2 Å². The number of hydrazone groups is 1. The molecular formula is C18H12BrClF3N5. The van der Waals surface area contributed by atoms with Gasteiger partial charge in [0, 0.05) is 16.2 Å². The van der Waals surface area contributed by atoms with E-state index in [0.29, 0.717) is 11.4 Å². The van der Waals surface area contributed by atoms with E-state index in [1.165, 1.54) is 18.3 Å². The van der Waals surface area contributed by atoms with E-state index in [1.807, 2.05) is 24.3 Å². The topological polar surface area (TPSA) is 62.2 Å². The minimum absolute atomic E-state index is 0.133. The van der Waals surface area contributed by atoms with Crippen molar-refractivity contribution in [1.82, 2.24) is 9.97 Å². The van der Waals surface area contributed by atoms with E-state index in [2.05, 4.69) is 41.7 Å². The molecule has 28 heavy (non-hydrogen) atoms. The standard InChI is InChI=1S/C18H12BrClF3N5/c19-13-2-1-3-14(8-13)25-16-9-15(20)26-17(27-16)28-24-10-11-4-6-12(7-5-11)18(21,22)23/h1-10H,(H2,25,26,27,28)/b24-10+. The maximum atomic E-state index is 12.6. The van der Waals surface area contributed by atoms with E-state index in [4.69, 9.17) is 11.6 Å². The van der Waals surface area contributed by atoms with Crippen molar-refractivity contribution in [1.29, 1.82) is 0 Å². The number of rotatable bonds is 5. The number of benzene rings is 2. The molecule has 144 valence electrons. The zero-order valence-corrected chi connectivity index (χ0v) is 16.3. The zero-order valence-electron chi connectivity index (χ0n) is 14.0. The highest BCUT2D eigenvalue weighted by molar-refractivity contribution is 9.10. The van der Waals surface area contributed by atoms with E-state index in [0.717, 1.165) is 22.3 Å². The lowest BCUT2D eigenvalue weighted by atomic mass is 10.1. The van der Waals surface area contributed by atoms with Crippen LogP contribution < -0.4 is 10.7 Å². The molecule has 0 bridgehead atoms. The van der Waals surface area contributed by atoms with Crippen molar-refractivity contribution < 1.29 is 13.2 Å². The maximum Gasteiger partial charge on any atom is 0.416 e. The molecule has 2 N–H and O–H groups in total. The molecule has 0 saturated heterocycles. The zero-order chi connectivity index (χ0) is 20.1. The maximum absolute atomic E-state index is 12.6. The van der Waals surface area contributed by atoms with Crippen LogP contribution in [-0.2, 0) is 6.18 Å². The summed E-state index contributed by atoms with van der Waals surface area (Å²) in [6.07, 6.45) is -3.02. The van der Waals surface area contributed by atoms with Gasteiger partial charge in [-0.1, -0.05) is 45.7 Å². The Morgan fingerprint density at radius 1 is 1.04 bits per heavy atom. The second-order valence-corrected chi connectivity index (χ2v) is 6.83. The Labute approximate surface area is 171 Å². The fourth-order valence-electron chi connectivity index (χ4n) is 2.17. The average molecular weight is 471 g/mol. The van der Waals surface area contributed by atoms with Gasteiger partial charge in [-0.3, -0.25) is 0 Å². The Morgan fingerprint density at radius 3 is 2.46 bits per heavy atom. The SMILES string of the molecule is FC(F)(F)c1ccc(/C=N/Nc2nc(Cl)cc(Nc3cccc(Br)c3)n2)cc1. The monoisotopic (exact) mass is 469 g/mol. The molecule has 0 aliphatic heterocycles. The molecule has 0 unspecified atom stereocenters. The van der Waals surface area contributed by atoms with Gasteiger partial charge >= 0.3 is 6.18 Å². The molecule has 3 aromatic rings. The fourth-order valence-corrected chi connectivity index (χ4v) is 2.75. The smallest absolute Gasteiger partial charge is 0.340 e. The molecule has 0 saturated carbocycles. The fraction of sp³-hybridized carbons (Fsp3) is 0.0556. The predicted molar refractivity (Wildman–Crippen MR) is 107 cm³/mol. The number of nitrogens with zero attached hydrogens (tertiary/aromatic N) is 3. The van der Waals surface area contributed by atoms with Gasteiger partial charge in [0.15, 0.2) is 0 Å². The number of hydrogen-bond acceptors (Lipinski definition) is 5. The summed E-state index contributed by atoms with van der Waals surface area (Å²) in [6, 6.07) is 13.6. The lowest BCUT2D eigenvalue weighted by molar-refractivity contribution is -0.137. The van der Waals surface area contributed by atoms with Gasteiger partial charge in [0.1, 0.15) is 11.0 Å². The first-order chi connectivity index (χ1) is 13.3. The van der Waals surface area contributed by atoms with E-state index >= 15 is 0 Å². The predicted octanol–water partition coefficient (Wildman–Crippen LogP) is 6.10. The van der Waals surface area contributed by atoms with Crippen LogP contribution >= 0.6 is 27.5 Å². The third-order valence-corrected chi connectivity index (χ3v) is 4.09. The van der Waals surface area contributed by atoms with Gasteiger partial charge in [-0.2, -0.15) is 28.2 Å². The van der Waals surface area contributed by atoms with Crippen LogP contribution in [0.3, 0.4) is 0 Å². The molecular weight excluding hydrogens is 459 g/mol. The van der Waals surface area contributed by atoms with Gasteiger partial charge in [-0.25, -0.2) is 5.43 Å². The second-order valence-electron chi connectivity index (χ2n) is 5.52. The van der Waals surface area contributed by atoms with Crippen molar-refractivity contribution in [2.45, 2.75) is 6.18 Å². The lowest BCUT2D eigenvalue weighted by Crippen LogP contribution is -2.04. The summed E-state index contributed by atoms with van der Waals surface area (Å²) >= 11 is 9.39. The summed E-state index contributed by atoms with van der Waals surface area (Å²) in [7, 11) is 0. The first-order valence-corrected chi connectivity index (χ1v) is 9.00. The summed E-state index contributed by atoms with van der Waals surface area (Å²) in [5, 5.41) is 7.22. The van der Waals surface area contributed by atoms with Gasteiger partial charge in [0.25, 0.3) is 0 Å². The Balaban J connectivity index is 1.69. The molecule has 0 atom stereocenters. The highest BCUT2D eigenvalue weighted by atomic mass is 79.9. The number of nitrogens with one attached hydrogen (secondary N) is 2. The first-order valence-electron chi connectivity index (χ1n) is 7.83. The van der Waals surface area contributed by atoms with E-state index in [1.54, 1.807) is 6.07 Å². The van der Waals surface area contributed by atoms with E-state index in [-0.39, 0.29) is 11.1 Å². The van der Waals surface area contributed by atoms with Crippen molar-refractivity contribution in [3.05, 3.63) is 75.4 Å². The van der Waals surface area contributed by atoms with Crippen molar-refractivity contribution >= 4 is 51.2 Å².